The van der Waals surface area contributed by atoms with Crippen LogP contribution in [0.3, 0.4) is 0 Å². The van der Waals surface area contributed by atoms with Crippen LogP contribution in [0.5, 0.6) is 11.5 Å². The molecule has 1 aliphatic rings. The lowest BCUT2D eigenvalue weighted by atomic mass is 10.2. The molecule has 0 aliphatic carbocycles. The maximum atomic E-state index is 12.7. The molecule has 3 rings (SSSR count). The molecule has 2 amide bonds. The molecule has 1 aliphatic heterocycles. The van der Waals surface area contributed by atoms with Gasteiger partial charge in [-0.2, -0.15) is 0 Å². The second-order valence-electron chi connectivity index (χ2n) is 6.74. The molecule has 0 bridgehead atoms. The number of benzene rings is 2. The number of nitrogens with one attached hydrogen (secondary N) is 2. The normalized spacial score (nSPS) is 12.7. The zero-order valence-electron chi connectivity index (χ0n) is 17.4. The van der Waals surface area contributed by atoms with Crippen LogP contribution >= 0.6 is 0 Å². The van der Waals surface area contributed by atoms with Gasteiger partial charge in [0.15, 0.2) is 11.5 Å². The number of likely N-dealkylation sites (N-methyl/N-ethyl adjacent to an activating group) is 1. The second-order valence-corrected chi connectivity index (χ2v) is 8.42. The number of hydrogen-bond acceptors (Lipinski definition) is 6. The van der Waals surface area contributed by atoms with Gasteiger partial charge >= 0.3 is 0 Å². The third-order valence-corrected chi connectivity index (χ3v) is 6.12. The van der Waals surface area contributed by atoms with Crippen LogP contribution in [0.4, 0.5) is 5.69 Å². The summed E-state index contributed by atoms with van der Waals surface area (Å²) in [4.78, 5) is 25.9. The number of hydrogen-bond donors (Lipinski definition) is 2. The predicted octanol–water partition coefficient (Wildman–Crippen LogP) is 1.86. The van der Waals surface area contributed by atoms with Crippen molar-refractivity contribution in [2.75, 3.05) is 37.6 Å². The van der Waals surface area contributed by atoms with Crippen LogP contribution in [0, 0.1) is 0 Å². The van der Waals surface area contributed by atoms with Crippen molar-refractivity contribution >= 4 is 27.5 Å². The molecular formula is C21H25N3O6S. The fourth-order valence-electron chi connectivity index (χ4n) is 3.04. The molecule has 0 unspecified atom stereocenters. The highest BCUT2D eigenvalue weighted by Crippen LogP contribution is 2.32. The number of nitrogens with zero attached hydrogens (tertiary/aromatic N) is 1. The number of anilines is 1. The van der Waals surface area contributed by atoms with Gasteiger partial charge in [-0.1, -0.05) is 0 Å². The molecule has 0 saturated carbocycles. The molecule has 31 heavy (non-hydrogen) atoms. The Hall–Kier alpha value is -3.27. The van der Waals surface area contributed by atoms with Gasteiger partial charge < -0.3 is 19.7 Å². The highest BCUT2D eigenvalue weighted by molar-refractivity contribution is 7.92. The number of carbonyl (C=O) groups is 2. The van der Waals surface area contributed by atoms with Crippen molar-refractivity contribution in [3.05, 3.63) is 48.0 Å². The van der Waals surface area contributed by atoms with Gasteiger partial charge in [-0.15, -0.1) is 0 Å². The number of ether oxygens (including phenoxy) is 2. The van der Waals surface area contributed by atoms with E-state index >= 15 is 0 Å². The van der Waals surface area contributed by atoms with Gasteiger partial charge in [0.2, 0.25) is 5.91 Å². The van der Waals surface area contributed by atoms with Crippen LogP contribution in [0.25, 0.3) is 0 Å². The monoisotopic (exact) mass is 447 g/mol. The molecule has 0 spiro atoms. The number of carbonyl (C=O) groups excluding carboxylic acids is 2. The maximum Gasteiger partial charge on any atom is 0.262 e. The molecular weight excluding hydrogens is 422 g/mol. The molecule has 2 aromatic rings. The van der Waals surface area contributed by atoms with E-state index in [4.69, 9.17) is 9.47 Å². The Morgan fingerprint density at radius 1 is 0.968 bits per heavy atom. The van der Waals surface area contributed by atoms with Gasteiger partial charge in [0, 0.05) is 30.4 Å². The molecule has 2 N–H and O–H groups in total. The standard InChI is InChI=1S/C21H25N3O6S/c1-3-24(4-2)20(25)14-22-21(26)15-5-7-16(8-6-15)23-31(27,28)17-9-10-18-19(13-17)30-12-11-29-18/h5-10,13,23H,3-4,11-12,14H2,1-2H3,(H,22,26). The molecule has 0 aromatic heterocycles. The largest absolute Gasteiger partial charge is 0.486 e. The third-order valence-electron chi connectivity index (χ3n) is 4.74. The van der Waals surface area contributed by atoms with Crippen molar-refractivity contribution in [2.24, 2.45) is 0 Å². The topological polar surface area (TPSA) is 114 Å². The van der Waals surface area contributed by atoms with E-state index in [1.807, 2.05) is 13.8 Å². The van der Waals surface area contributed by atoms with Crippen LogP contribution in [0.1, 0.15) is 24.2 Å². The number of rotatable bonds is 8. The molecule has 0 radical (unpaired) electrons. The first-order valence-corrected chi connectivity index (χ1v) is 11.4. The summed E-state index contributed by atoms with van der Waals surface area (Å²) in [5.41, 5.74) is 0.611. The molecule has 1 heterocycles. The predicted molar refractivity (Wildman–Crippen MR) is 115 cm³/mol. The molecule has 166 valence electrons. The minimum Gasteiger partial charge on any atom is -0.486 e. The first kappa shape index (κ1) is 22.4. The highest BCUT2D eigenvalue weighted by Gasteiger charge is 2.20. The zero-order chi connectivity index (χ0) is 22.4. The smallest absolute Gasteiger partial charge is 0.262 e. The Kier molecular flexibility index (Phi) is 7.01. The molecule has 2 aromatic carbocycles. The summed E-state index contributed by atoms with van der Waals surface area (Å²) in [6, 6.07) is 10.3. The Bertz CT molecular complexity index is 1050. The van der Waals surface area contributed by atoms with Crippen LogP contribution in [0.15, 0.2) is 47.4 Å². The van der Waals surface area contributed by atoms with E-state index in [9.17, 15) is 18.0 Å². The third kappa shape index (κ3) is 5.46. The lowest BCUT2D eigenvalue weighted by Crippen LogP contribution is -2.39. The molecule has 0 fully saturated rings. The van der Waals surface area contributed by atoms with Crippen molar-refractivity contribution in [1.82, 2.24) is 10.2 Å². The summed E-state index contributed by atoms with van der Waals surface area (Å²) in [5.74, 6) is 0.296. The van der Waals surface area contributed by atoms with Gasteiger partial charge in [-0.3, -0.25) is 14.3 Å². The van der Waals surface area contributed by atoms with Gasteiger partial charge in [0.05, 0.1) is 11.4 Å². The summed E-state index contributed by atoms with van der Waals surface area (Å²) < 4.78 is 38.7. The Labute approximate surface area is 181 Å². The van der Waals surface area contributed by atoms with Crippen molar-refractivity contribution in [3.8, 4) is 11.5 Å². The van der Waals surface area contributed by atoms with E-state index in [1.54, 1.807) is 11.0 Å². The Morgan fingerprint density at radius 3 is 2.26 bits per heavy atom. The number of sulfonamides is 1. The first-order chi connectivity index (χ1) is 14.8. The van der Waals surface area contributed by atoms with E-state index in [0.29, 0.717) is 49.1 Å². The lowest BCUT2D eigenvalue weighted by Gasteiger charge is -2.19. The first-order valence-electron chi connectivity index (χ1n) is 9.92. The lowest BCUT2D eigenvalue weighted by molar-refractivity contribution is -0.129. The van der Waals surface area contributed by atoms with Gasteiger partial charge in [-0.25, -0.2) is 8.42 Å². The molecule has 10 heteroatoms. The highest BCUT2D eigenvalue weighted by atomic mass is 32.2. The summed E-state index contributed by atoms with van der Waals surface area (Å²) in [6.07, 6.45) is 0. The Morgan fingerprint density at radius 2 is 1.61 bits per heavy atom. The van der Waals surface area contributed by atoms with Crippen LogP contribution in [-0.2, 0) is 14.8 Å². The van der Waals surface area contributed by atoms with E-state index < -0.39 is 15.9 Å². The van der Waals surface area contributed by atoms with Gasteiger partial charge in [0.1, 0.15) is 13.2 Å². The van der Waals surface area contributed by atoms with E-state index in [2.05, 4.69) is 10.0 Å². The average Bonchev–Trinajstić information content (AvgIpc) is 2.78. The fourth-order valence-corrected chi connectivity index (χ4v) is 4.11. The molecule has 9 nitrogen and oxygen atoms in total. The van der Waals surface area contributed by atoms with Crippen molar-refractivity contribution < 1.29 is 27.5 Å². The van der Waals surface area contributed by atoms with Crippen LogP contribution in [0.2, 0.25) is 0 Å². The minimum absolute atomic E-state index is 0.0356. The Balaban J connectivity index is 1.63. The summed E-state index contributed by atoms with van der Waals surface area (Å²) in [6.45, 7) is 5.56. The molecule has 0 saturated heterocycles. The van der Waals surface area contributed by atoms with Crippen molar-refractivity contribution in [3.63, 3.8) is 0 Å². The number of fused-ring (bicyclic) bond motifs is 1. The average molecular weight is 448 g/mol. The SMILES string of the molecule is CCN(CC)C(=O)CNC(=O)c1ccc(NS(=O)(=O)c2ccc3c(c2)OCCO3)cc1. The van der Waals surface area contributed by atoms with Crippen molar-refractivity contribution in [1.29, 1.82) is 0 Å². The van der Waals surface area contributed by atoms with Gasteiger partial charge in [-0.05, 0) is 50.2 Å². The number of amides is 2. The minimum atomic E-state index is -3.85. The summed E-state index contributed by atoms with van der Waals surface area (Å²) >= 11 is 0. The molecule has 0 atom stereocenters. The summed E-state index contributed by atoms with van der Waals surface area (Å²) in [7, 11) is -3.85. The quantitative estimate of drug-likeness (QED) is 0.639. The second kappa shape index (κ2) is 9.69. The van der Waals surface area contributed by atoms with Gasteiger partial charge in [0.25, 0.3) is 15.9 Å². The van der Waals surface area contributed by atoms with E-state index in [1.165, 1.54) is 36.4 Å². The van der Waals surface area contributed by atoms with E-state index in [-0.39, 0.29) is 17.3 Å². The zero-order valence-corrected chi connectivity index (χ0v) is 18.2. The van der Waals surface area contributed by atoms with Crippen LogP contribution in [-0.4, -0.2) is 58.0 Å². The van der Waals surface area contributed by atoms with Crippen molar-refractivity contribution in [2.45, 2.75) is 18.7 Å². The van der Waals surface area contributed by atoms with E-state index in [0.717, 1.165) is 0 Å². The van der Waals surface area contributed by atoms with Crippen LogP contribution < -0.4 is 19.5 Å². The fraction of sp³-hybridized carbons (Fsp3) is 0.333. The maximum absolute atomic E-state index is 12.7. The summed E-state index contributed by atoms with van der Waals surface area (Å²) in [5, 5.41) is 2.58.